The van der Waals surface area contributed by atoms with Gasteiger partial charge in [-0.15, -0.1) is 0 Å². The van der Waals surface area contributed by atoms with Crippen molar-refractivity contribution in [1.82, 2.24) is 16.0 Å². The topological polar surface area (TPSA) is 114 Å². The van der Waals surface area contributed by atoms with Crippen molar-refractivity contribution in [2.24, 2.45) is 0 Å². The van der Waals surface area contributed by atoms with Crippen molar-refractivity contribution in [2.75, 3.05) is 13.7 Å². The molecule has 0 aliphatic carbocycles. The summed E-state index contributed by atoms with van der Waals surface area (Å²) < 4.78 is 4.76. The van der Waals surface area contributed by atoms with E-state index in [9.17, 15) is 19.2 Å². The minimum Gasteiger partial charge on any atom is -0.467 e. The zero-order valence-electron chi connectivity index (χ0n) is 21.5. The number of esters is 1. The molecule has 206 valence electrons. The molecule has 11 heteroatoms. The number of thiophene rings is 1. The summed E-state index contributed by atoms with van der Waals surface area (Å²) in [5.74, 6) is -2.38. The number of methoxy groups -OCH3 is 1. The Hall–Kier alpha value is -3.92. The third-order valence-corrected chi connectivity index (χ3v) is 7.49. The minimum absolute atomic E-state index is 0.0844. The number of fused-ring (bicyclic) bond motifs is 1. The number of nitrogens with one attached hydrogen (secondary N) is 3. The third-order valence-electron chi connectivity index (χ3n) is 6.21. The van der Waals surface area contributed by atoms with Crippen molar-refractivity contribution in [1.29, 1.82) is 0 Å². The fourth-order valence-electron chi connectivity index (χ4n) is 4.16. The lowest BCUT2D eigenvalue weighted by atomic mass is 9.99. The average Bonchev–Trinajstić information content (AvgIpc) is 3.49. The van der Waals surface area contributed by atoms with Gasteiger partial charge in [-0.25, -0.2) is 4.79 Å². The molecule has 0 unspecified atom stereocenters. The van der Waals surface area contributed by atoms with Crippen molar-refractivity contribution in [2.45, 2.75) is 19.0 Å². The molecule has 3 N–H and O–H groups in total. The van der Waals surface area contributed by atoms with E-state index in [1.807, 2.05) is 49.4 Å². The Morgan fingerprint density at radius 1 is 0.875 bits per heavy atom. The monoisotopic (exact) mass is 597 g/mol. The standard InChI is InChI=1S/C29H25Cl2N3O5S/c1-16(20-9-5-7-17-6-3-4-8-21(17)20)33-27(36)19-12-22(30)25(23(31)13-19)28(37)34-24(29(38)39-2)14-32-26(35)18-10-11-40-15-18/h3-13,15-16,24H,14H2,1-2H3,(H,32,35)(H,33,36)(H,34,37)/t16-,24+/m1/s1. The number of rotatable bonds is 9. The minimum atomic E-state index is -1.21. The molecule has 0 aliphatic rings. The van der Waals surface area contributed by atoms with Gasteiger partial charge in [0.1, 0.15) is 6.04 Å². The van der Waals surface area contributed by atoms with E-state index in [0.717, 1.165) is 23.4 Å². The van der Waals surface area contributed by atoms with Crippen LogP contribution in [0.3, 0.4) is 0 Å². The first-order valence-corrected chi connectivity index (χ1v) is 13.9. The summed E-state index contributed by atoms with van der Waals surface area (Å²) in [6, 6.07) is 16.5. The average molecular weight is 599 g/mol. The summed E-state index contributed by atoms with van der Waals surface area (Å²) in [5.41, 5.74) is 1.40. The van der Waals surface area contributed by atoms with E-state index in [1.165, 1.54) is 23.5 Å². The summed E-state index contributed by atoms with van der Waals surface area (Å²) in [7, 11) is 1.16. The maximum absolute atomic E-state index is 13.1. The molecule has 3 amide bonds. The van der Waals surface area contributed by atoms with Gasteiger partial charge in [-0.2, -0.15) is 11.3 Å². The number of ether oxygens (including phenoxy) is 1. The van der Waals surface area contributed by atoms with Crippen LogP contribution in [0.15, 0.2) is 71.4 Å². The molecule has 0 fully saturated rings. The quantitative estimate of drug-likeness (QED) is 0.223. The highest BCUT2D eigenvalue weighted by atomic mass is 35.5. The molecule has 0 radical (unpaired) electrons. The fourth-order valence-corrected chi connectivity index (χ4v) is 5.46. The first-order valence-electron chi connectivity index (χ1n) is 12.2. The van der Waals surface area contributed by atoms with Gasteiger partial charge in [0.25, 0.3) is 17.7 Å². The zero-order chi connectivity index (χ0) is 28.8. The van der Waals surface area contributed by atoms with Crippen LogP contribution in [0, 0.1) is 0 Å². The van der Waals surface area contributed by atoms with Crippen molar-refractivity contribution in [3.63, 3.8) is 0 Å². The molecular formula is C29H25Cl2N3O5S. The molecule has 0 aliphatic heterocycles. The van der Waals surface area contributed by atoms with Gasteiger partial charge < -0.3 is 20.7 Å². The van der Waals surface area contributed by atoms with Crippen LogP contribution in [-0.4, -0.2) is 43.4 Å². The summed E-state index contributed by atoms with van der Waals surface area (Å²) >= 11 is 14.1. The van der Waals surface area contributed by atoms with Crippen molar-refractivity contribution in [3.05, 3.63) is 104 Å². The molecule has 0 saturated carbocycles. The van der Waals surface area contributed by atoms with Crippen LogP contribution in [0.2, 0.25) is 10.0 Å². The molecule has 3 aromatic carbocycles. The molecule has 0 bridgehead atoms. The Morgan fingerprint density at radius 2 is 1.57 bits per heavy atom. The normalized spacial score (nSPS) is 12.3. The van der Waals surface area contributed by atoms with Gasteiger partial charge in [0.05, 0.1) is 28.8 Å². The van der Waals surface area contributed by atoms with Crippen LogP contribution in [0.1, 0.15) is 49.6 Å². The molecule has 0 spiro atoms. The van der Waals surface area contributed by atoms with E-state index in [2.05, 4.69) is 16.0 Å². The van der Waals surface area contributed by atoms with Crippen LogP contribution < -0.4 is 16.0 Å². The van der Waals surface area contributed by atoms with Crippen molar-refractivity contribution >= 4 is 69.0 Å². The predicted octanol–water partition coefficient (Wildman–Crippen LogP) is 5.40. The highest BCUT2D eigenvalue weighted by Gasteiger charge is 2.26. The lowest BCUT2D eigenvalue weighted by Crippen LogP contribution is -2.49. The Kier molecular flexibility index (Phi) is 9.42. The van der Waals surface area contributed by atoms with Gasteiger partial charge in [0.15, 0.2) is 0 Å². The third kappa shape index (κ3) is 6.62. The second-order valence-electron chi connectivity index (χ2n) is 8.85. The zero-order valence-corrected chi connectivity index (χ0v) is 23.8. The van der Waals surface area contributed by atoms with Crippen LogP contribution in [-0.2, 0) is 9.53 Å². The van der Waals surface area contributed by atoms with Gasteiger partial charge in [-0.3, -0.25) is 14.4 Å². The molecule has 1 heterocycles. The Bertz CT molecular complexity index is 1550. The second-order valence-corrected chi connectivity index (χ2v) is 10.4. The first-order chi connectivity index (χ1) is 19.2. The number of halogens is 2. The van der Waals surface area contributed by atoms with Gasteiger partial charge in [0.2, 0.25) is 0 Å². The second kappa shape index (κ2) is 13.0. The lowest BCUT2D eigenvalue weighted by Gasteiger charge is -2.19. The molecule has 2 atom stereocenters. The van der Waals surface area contributed by atoms with Gasteiger partial charge in [0, 0.05) is 23.1 Å². The molecular weight excluding hydrogens is 573 g/mol. The molecule has 1 aromatic heterocycles. The van der Waals surface area contributed by atoms with E-state index >= 15 is 0 Å². The molecule has 8 nitrogen and oxygen atoms in total. The smallest absolute Gasteiger partial charge is 0.330 e. The number of hydrogen-bond acceptors (Lipinski definition) is 6. The molecule has 4 aromatic rings. The fraction of sp³-hybridized carbons (Fsp3) is 0.172. The van der Waals surface area contributed by atoms with Gasteiger partial charge >= 0.3 is 5.97 Å². The summed E-state index contributed by atoms with van der Waals surface area (Å²) in [6.45, 7) is 1.64. The van der Waals surface area contributed by atoms with E-state index in [1.54, 1.807) is 16.8 Å². The Morgan fingerprint density at radius 3 is 2.25 bits per heavy atom. The SMILES string of the molecule is COC(=O)[C@H](CNC(=O)c1ccsc1)NC(=O)c1c(Cl)cc(C(=O)N[C@H](C)c2cccc3ccccc23)cc1Cl. The summed E-state index contributed by atoms with van der Waals surface area (Å²) in [5, 5.41) is 13.3. The van der Waals surface area contributed by atoms with Crippen LogP contribution in [0.4, 0.5) is 0 Å². The van der Waals surface area contributed by atoms with Crippen LogP contribution >= 0.6 is 34.5 Å². The van der Waals surface area contributed by atoms with Crippen molar-refractivity contribution < 1.29 is 23.9 Å². The van der Waals surface area contributed by atoms with E-state index < -0.39 is 29.7 Å². The number of hydrogen-bond donors (Lipinski definition) is 3. The largest absolute Gasteiger partial charge is 0.467 e. The van der Waals surface area contributed by atoms with Crippen molar-refractivity contribution in [3.8, 4) is 0 Å². The van der Waals surface area contributed by atoms with E-state index in [4.69, 9.17) is 27.9 Å². The summed E-state index contributed by atoms with van der Waals surface area (Å²) in [4.78, 5) is 50.7. The number of amides is 3. The molecule has 4 rings (SSSR count). The number of carbonyl (C=O) groups excluding carboxylic acids is 4. The van der Waals surface area contributed by atoms with Crippen LogP contribution in [0.5, 0.6) is 0 Å². The van der Waals surface area contributed by atoms with Gasteiger partial charge in [-0.1, -0.05) is 65.7 Å². The van der Waals surface area contributed by atoms with E-state index in [0.29, 0.717) is 5.56 Å². The van der Waals surface area contributed by atoms with Gasteiger partial charge in [-0.05, 0) is 46.8 Å². The molecule has 0 saturated heterocycles. The molecule has 40 heavy (non-hydrogen) atoms. The predicted molar refractivity (Wildman–Crippen MR) is 156 cm³/mol. The summed E-state index contributed by atoms with van der Waals surface area (Å²) in [6.07, 6.45) is 0. The Labute approximate surface area is 244 Å². The maximum Gasteiger partial charge on any atom is 0.330 e. The number of benzene rings is 3. The lowest BCUT2D eigenvalue weighted by molar-refractivity contribution is -0.142. The highest BCUT2D eigenvalue weighted by molar-refractivity contribution is 7.08. The first kappa shape index (κ1) is 29.1. The highest BCUT2D eigenvalue weighted by Crippen LogP contribution is 2.28. The van der Waals surface area contributed by atoms with E-state index in [-0.39, 0.29) is 33.8 Å². The maximum atomic E-state index is 13.1. The number of carbonyl (C=O) groups is 4. The Balaban J connectivity index is 1.47. The van der Waals surface area contributed by atoms with Crippen LogP contribution in [0.25, 0.3) is 10.8 Å².